The zero-order chi connectivity index (χ0) is 11.4. The van der Waals surface area contributed by atoms with Gasteiger partial charge in [-0.15, -0.1) is 0 Å². The van der Waals surface area contributed by atoms with Gasteiger partial charge in [0.25, 0.3) is 0 Å². The fourth-order valence-electron chi connectivity index (χ4n) is 1.76. The molecule has 1 aromatic heterocycles. The van der Waals surface area contributed by atoms with Crippen LogP contribution in [-0.2, 0) is 6.42 Å². The minimum atomic E-state index is 0.265. The largest absolute Gasteiger partial charge is 0.396 e. The van der Waals surface area contributed by atoms with E-state index in [1.165, 1.54) is 10.9 Å². The smallest absolute Gasteiger partial charge is 0.0702 e. The van der Waals surface area contributed by atoms with Crippen LogP contribution in [0.3, 0.4) is 0 Å². The summed E-state index contributed by atoms with van der Waals surface area (Å²) in [5, 5.41) is 10.2. The lowest BCUT2D eigenvalue weighted by molar-refractivity contribution is 0.230. The number of fused-ring (bicyclic) bond motifs is 1. The Labute approximate surface area is 96.0 Å². The van der Waals surface area contributed by atoms with E-state index in [1.54, 1.807) is 0 Å². The van der Waals surface area contributed by atoms with Crippen LogP contribution in [-0.4, -0.2) is 16.7 Å². The SMILES string of the molecule is CC(CO)CCc1cnc2ccccc2c1. The summed E-state index contributed by atoms with van der Waals surface area (Å²) in [5.74, 6) is 0.367. The van der Waals surface area contributed by atoms with E-state index in [-0.39, 0.29) is 6.61 Å². The molecule has 0 spiro atoms. The predicted molar refractivity (Wildman–Crippen MR) is 66.3 cm³/mol. The summed E-state index contributed by atoms with van der Waals surface area (Å²) in [6, 6.07) is 10.3. The van der Waals surface area contributed by atoms with Gasteiger partial charge in [-0.1, -0.05) is 25.1 Å². The predicted octanol–water partition coefficient (Wildman–Crippen LogP) is 2.80. The molecule has 0 bridgehead atoms. The molecule has 0 aliphatic rings. The molecule has 0 saturated carbocycles. The third kappa shape index (κ3) is 2.58. The minimum Gasteiger partial charge on any atom is -0.396 e. The lowest BCUT2D eigenvalue weighted by Gasteiger charge is -2.07. The molecule has 1 heterocycles. The zero-order valence-corrected chi connectivity index (χ0v) is 9.56. The quantitative estimate of drug-likeness (QED) is 0.850. The van der Waals surface area contributed by atoms with Crippen LogP contribution in [0.25, 0.3) is 10.9 Å². The highest BCUT2D eigenvalue weighted by Gasteiger charge is 2.02. The number of rotatable bonds is 4. The van der Waals surface area contributed by atoms with Crippen LogP contribution in [0.2, 0.25) is 0 Å². The van der Waals surface area contributed by atoms with Crippen molar-refractivity contribution in [1.82, 2.24) is 4.98 Å². The van der Waals surface area contributed by atoms with Gasteiger partial charge in [-0.3, -0.25) is 4.98 Å². The lowest BCUT2D eigenvalue weighted by atomic mass is 10.0. The number of aliphatic hydroxyl groups is 1. The Kier molecular flexibility index (Phi) is 3.52. The Balaban J connectivity index is 2.13. The summed E-state index contributed by atoms with van der Waals surface area (Å²) in [5.41, 5.74) is 2.29. The van der Waals surface area contributed by atoms with Crippen LogP contribution < -0.4 is 0 Å². The van der Waals surface area contributed by atoms with E-state index in [1.807, 2.05) is 24.4 Å². The highest BCUT2D eigenvalue weighted by atomic mass is 16.3. The van der Waals surface area contributed by atoms with Crippen molar-refractivity contribution in [3.63, 3.8) is 0 Å². The van der Waals surface area contributed by atoms with Gasteiger partial charge in [-0.25, -0.2) is 0 Å². The highest BCUT2D eigenvalue weighted by molar-refractivity contribution is 5.78. The first-order valence-electron chi connectivity index (χ1n) is 5.74. The molecule has 2 rings (SSSR count). The summed E-state index contributed by atoms with van der Waals surface area (Å²) in [6.07, 6.45) is 3.93. The summed E-state index contributed by atoms with van der Waals surface area (Å²) in [4.78, 5) is 4.42. The number of hydrogen-bond donors (Lipinski definition) is 1. The third-order valence-electron chi connectivity index (χ3n) is 2.88. The van der Waals surface area contributed by atoms with Crippen LogP contribution in [0.5, 0.6) is 0 Å². The van der Waals surface area contributed by atoms with Crippen LogP contribution in [0.15, 0.2) is 36.5 Å². The monoisotopic (exact) mass is 215 g/mol. The van der Waals surface area contributed by atoms with Gasteiger partial charge in [-0.05, 0) is 36.5 Å². The third-order valence-corrected chi connectivity index (χ3v) is 2.88. The molecule has 2 nitrogen and oxygen atoms in total. The van der Waals surface area contributed by atoms with E-state index in [2.05, 4.69) is 24.0 Å². The number of pyridine rings is 1. The van der Waals surface area contributed by atoms with Crippen LogP contribution in [0, 0.1) is 5.92 Å². The molecular formula is C14H17NO. The van der Waals surface area contributed by atoms with E-state index in [9.17, 15) is 0 Å². The molecule has 1 N–H and O–H groups in total. The number of hydrogen-bond acceptors (Lipinski definition) is 2. The molecule has 0 aliphatic heterocycles. The Morgan fingerprint density at radius 2 is 2.12 bits per heavy atom. The molecule has 1 aromatic carbocycles. The van der Waals surface area contributed by atoms with Gasteiger partial charge in [0.05, 0.1) is 5.52 Å². The number of aliphatic hydroxyl groups excluding tert-OH is 1. The first-order valence-corrected chi connectivity index (χ1v) is 5.74. The maximum atomic E-state index is 8.97. The summed E-state index contributed by atoms with van der Waals surface area (Å²) in [6.45, 7) is 2.33. The second kappa shape index (κ2) is 5.08. The molecule has 0 radical (unpaired) electrons. The standard InChI is InChI=1S/C14H17NO/c1-11(10-16)6-7-12-8-13-4-2-3-5-14(13)15-9-12/h2-5,8-9,11,16H,6-7,10H2,1H3. The molecular weight excluding hydrogens is 198 g/mol. The van der Waals surface area contributed by atoms with Crippen molar-refractivity contribution in [2.45, 2.75) is 19.8 Å². The van der Waals surface area contributed by atoms with Crippen molar-refractivity contribution in [2.75, 3.05) is 6.61 Å². The van der Waals surface area contributed by atoms with E-state index < -0.39 is 0 Å². The topological polar surface area (TPSA) is 33.1 Å². The van der Waals surface area contributed by atoms with Crippen molar-refractivity contribution in [3.8, 4) is 0 Å². The summed E-state index contributed by atoms with van der Waals surface area (Å²) in [7, 11) is 0. The normalized spacial score (nSPS) is 12.9. The fourth-order valence-corrected chi connectivity index (χ4v) is 1.76. The maximum absolute atomic E-state index is 8.97. The van der Waals surface area contributed by atoms with Crippen LogP contribution >= 0.6 is 0 Å². The molecule has 0 aliphatic carbocycles. The summed E-state index contributed by atoms with van der Waals surface area (Å²) >= 11 is 0. The Hall–Kier alpha value is -1.41. The molecule has 84 valence electrons. The molecule has 0 amide bonds. The van der Waals surface area contributed by atoms with E-state index >= 15 is 0 Å². The average Bonchev–Trinajstić information content (AvgIpc) is 2.35. The van der Waals surface area contributed by atoms with E-state index in [0.717, 1.165) is 18.4 Å². The minimum absolute atomic E-state index is 0.265. The van der Waals surface area contributed by atoms with Gasteiger partial charge >= 0.3 is 0 Å². The number of aromatic nitrogens is 1. The number of benzene rings is 1. The Morgan fingerprint density at radius 1 is 1.31 bits per heavy atom. The Morgan fingerprint density at radius 3 is 2.94 bits per heavy atom. The first kappa shape index (κ1) is 11.1. The molecule has 0 fully saturated rings. The zero-order valence-electron chi connectivity index (χ0n) is 9.56. The van der Waals surface area contributed by atoms with Gasteiger partial charge in [0, 0.05) is 18.2 Å². The maximum Gasteiger partial charge on any atom is 0.0702 e. The van der Waals surface area contributed by atoms with Crippen molar-refractivity contribution in [2.24, 2.45) is 5.92 Å². The van der Waals surface area contributed by atoms with Crippen LogP contribution in [0.4, 0.5) is 0 Å². The van der Waals surface area contributed by atoms with Crippen molar-refractivity contribution < 1.29 is 5.11 Å². The number of nitrogens with zero attached hydrogens (tertiary/aromatic N) is 1. The molecule has 16 heavy (non-hydrogen) atoms. The van der Waals surface area contributed by atoms with Crippen molar-refractivity contribution in [3.05, 3.63) is 42.1 Å². The molecule has 1 unspecified atom stereocenters. The second-order valence-corrected chi connectivity index (χ2v) is 4.36. The van der Waals surface area contributed by atoms with Crippen LogP contribution in [0.1, 0.15) is 18.9 Å². The van der Waals surface area contributed by atoms with Crippen molar-refractivity contribution >= 4 is 10.9 Å². The molecule has 2 heteroatoms. The lowest BCUT2D eigenvalue weighted by Crippen LogP contribution is -2.02. The second-order valence-electron chi connectivity index (χ2n) is 4.36. The Bertz CT molecular complexity index is 467. The van der Waals surface area contributed by atoms with Gasteiger partial charge < -0.3 is 5.11 Å². The van der Waals surface area contributed by atoms with Gasteiger partial charge in [0.15, 0.2) is 0 Å². The van der Waals surface area contributed by atoms with Gasteiger partial charge in [-0.2, -0.15) is 0 Å². The summed E-state index contributed by atoms with van der Waals surface area (Å²) < 4.78 is 0. The van der Waals surface area contributed by atoms with Gasteiger partial charge in [0.1, 0.15) is 0 Å². The number of aryl methyl sites for hydroxylation is 1. The molecule has 0 saturated heterocycles. The van der Waals surface area contributed by atoms with Gasteiger partial charge in [0.2, 0.25) is 0 Å². The first-order chi connectivity index (χ1) is 7.79. The molecule has 2 aromatic rings. The highest BCUT2D eigenvalue weighted by Crippen LogP contribution is 2.15. The average molecular weight is 215 g/mol. The number of para-hydroxylation sites is 1. The fraction of sp³-hybridized carbons (Fsp3) is 0.357. The van der Waals surface area contributed by atoms with Crippen molar-refractivity contribution in [1.29, 1.82) is 0 Å². The molecule has 1 atom stereocenters. The van der Waals surface area contributed by atoms with E-state index in [4.69, 9.17) is 5.11 Å². The van der Waals surface area contributed by atoms with E-state index in [0.29, 0.717) is 5.92 Å².